The fourth-order valence-corrected chi connectivity index (χ4v) is 3.68. The largest absolute Gasteiger partial charge is 0.381 e. The van der Waals surface area contributed by atoms with Crippen LogP contribution in [0, 0.1) is 0 Å². The van der Waals surface area contributed by atoms with Crippen molar-refractivity contribution in [1.29, 1.82) is 0 Å². The highest BCUT2D eigenvalue weighted by atomic mass is 79.9. The van der Waals surface area contributed by atoms with E-state index in [1.165, 1.54) is 6.92 Å². The minimum absolute atomic E-state index is 0.0178. The number of halogens is 3. The Hall–Kier alpha value is -0.0700. The minimum atomic E-state index is -0.0178. The third-order valence-electron chi connectivity index (χ3n) is 1.81. The molecule has 6 heteroatoms. The van der Waals surface area contributed by atoms with Gasteiger partial charge in [0.05, 0.1) is 5.69 Å². The molecule has 0 saturated heterocycles. The van der Waals surface area contributed by atoms with E-state index in [2.05, 4.69) is 58.4 Å². The van der Waals surface area contributed by atoms with Gasteiger partial charge in [-0.1, -0.05) is 15.9 Å². The Kier molecular flexibility index (Phi) is 5.78. The van der Waals surface area contributed by atoms with Crippen molar-refractivity contribution >= 4 is 59.4 Å². The van der Waals surface area contributed by atoms with E-state index < -0.39 is 0 Å². The predicted molar refractivity (Wildman–Crippen MR) is 76.7 cm³/mol. The fraction of sp³-hybridized carbons (Fsp3) is 0.300. The number of hydrogen-bond acceptors (Lipinski definition) is 2. The van der Waals surface area contributed by atoms with Crippen LogP contribution in [0.5, 0.6) is 0 Å². The third kappa shape index (κ3) is 4.43. The van der Waals surface area contributed by atoms with Gasteiger partial charge in [-0.05, 0) is 44.0 Å². The SMILES string of the molecule is CC(=O)NCCNc1c(Br)cc(Br)cc1Br. The highest BCUT2D eigenvalue weighted by Crippen LogP contribution is 2.34. The maximum absolute atomic E-state index is 10.7. The molecule has 1 amide bonds. The summed E-state index contributed by atoms with van der Waals surface area (Å²) in [6.07, 6.45) is 0. The van der Waals surface area contributed by atoms with Crippen molar-refractivity contribution in [2.24, 2.45) is 0 Å². The van der Waals surface area contributed by atoms with E-state index in [9.17, 15) is 4.79 Å². The molecule has 1 rings (SSSR count). The fourth-order valence-electron chi connectivity index (χ4n) is 1.14. The van der Waals surface area contributed by atoms with Gasteiger partial charge in [0.15, 0.2) is 0 Å². The van der Waals surface area contributed by atoms with Crippen LogP contribution < -0.4 is 10.6 Å². The zero-order valence-corrected chi connectivity index (χ0v) is 13.4. The molecule has 0 spiro atoms. The van der Waals surface area contributed by atoms with Gasteiger partial charge in [0.2, 0.25) is 5.91 Å². The van der Waals surface area contributed by atoms with E-state index in [0.29, 0.717) is 13.1 Å². The monoisotopic (exact) mass is 412 g/mol. The molecule has 1 aromatic carbocycles. The van der Waals surface area contributed by atoms with Crippen LogP contribution in [-0.2, 0) is 4.79 Å². The molecule has 0 fully saturated rings. The summed E-state index contributed by atoms with van der Waals surface area (Å²) >= 11 is 10.3. The first kappa shape index (κ1) is 14.0. The van der Waals surface area contributed by atoms with Gasteiger partial charge in [-0.3, -0.25) is 4.79 Å². The maximum atomic E-state index is 10.7. The Morgan fingerprint density at radius 1 is 1.19 bits per heavy atom. The quantitative estimate of drug-likeness (QED) is 0.740. The van der Waals surface area contributed by atoms with Crippen LogP contribution >= 0.6 is 47.8 Å². The number of hydrogen-bond donors (Lipinski definition) is 2. The Morgan fingerprint density at radius 3 is 2.25 bits per heavy atom. The Balaban J connectivity index is 2.57. The van der Waals surface area contributed by atoms with Crippen molar-refractivity contribution in [3.63, 3.8) is 0 Å². The molecule has 1 aromatic rings. The van der Waals surface area contributed by atoms with Crippen LogP contribution in [0.3, 0.4) is 0 Å². The first-order chi connectivity index (χ1) is 7.50. The Bertz CT molecular complexity index is 373. The number of rotatable bonds is 4. The standard InChI is InChI=1S/C10H11Br3N2O/c1-6(16)14-2-3-15-10-8(12)4-7(11)5-9(10)13/h4-5,15H,2-3H2,1H3,(H,14,16). The minimum Gasteiger partial charge on any atom is -0.381 e. The molecule has 0 aliphatic rings. The third-order valence-corrected chi connectivity index (χ3v) is 3.52. The number of anilines is 1. The second-order valence-electron chi connectivity index (χ2n) is 3.15. The van der Waals surface area contributed by atoms with Gasteiger partial charge in [0.1, 0.15) is 0 Å². The van der Waals surface area contributed by atoms with Crippen molar-refractivity contribution in [3.8, 4) is 0 Å². The van der Waals surface area contributed by atoms with Gasteiger partial charge in [0, 0.05) is 33.4 Å². The highest BCUT2D eigenvalue weighted by molar-refractivity contribution is 9.11. The summed E-state index contributed by atoms with van der Waals surface area (Å²) < 4.78 is 2.94. The van der Waals surface area contributed by atoms with Crippen LogP contribution in [0.4, 0.5) is 5.69 Å². The molecular weight excluding hydrogens is 404 g/mol. The average molecular weight is 415 g/mol. The van der Waals surface area contributed by atoms with Crippen molar-refractivity contribution in [2.75, 3.05) is 18.4 Å². The second-order valence-corrected chi connectivity index (χ2v) is 5.78. The van der Waals surface area contributed by atoms with Crippen molar-refractivity contribution in [2.45, 2.75) is 6.92 Å². The van der Waals surface area contributed by atoms with Crippen molar-refractivity contribution in [3.05, 3.63) is 25.6 Å². The summed E-state index contributed by atoms with van der Waals surface area (Å²) in [6, 6.07) is 3.93. The predicted octanol–water partition coefficient (Wildman–Crippen LogP) is 3.52. The first-order valence-corrected chi connectivity index (χ1v) is 7.01. The average Bonchev–Trinajstić information content (AvgIpc) is 2.14. The number of carbonyl (C=O) groups is 1. The van der Waals surface area contributed by atoms with Crippen LogP contribution in [-0.4, -0.2) is 19.0 Å². The number of benzene rings is 1. The van der Waals surface area contributed by atoms with Crippen LogP contribution in [0.2, 0.25) is 0 Å². The van der Waals surface area contributed by atoms with Gasteiger partial charge in [-0.15, -0.1) is 0 Å². The zero-order valence-electron chi connectivity index (χ0n) is 8.61. The number of amides is 1. The summed E-state index contributed by atoms with van der Waals surface area (Å²) in [5.41, 5.74) is 0.980. The van der Waals surface area contributed by atoms with E-state index in [4.69, 9.17) is 0 Å². The van der Waals surface area contributed by atoms with Gasteiger partial charge in [-0.25, -0.2) is 0 Å². The maximum Gasteiger partial charge on any atom is 0.216 e. The van der Waals surface area contributed by atoms with Gasteiger partial charge in [-0.2, -0.15) is 0 Å². The normalized spacial score (nSPS) is 10.0. The number of carbonyl (C=O) groups excluding carboxylic acids is 1. The molecule has 0 atom stereocenters. The summed E-state index contributed by atoms with van der Waals surface area (Å²) in [5, 5.41) is 5.96. The van der Waals surface area contributed by atoms with E-state index in [1.54, 1.807) is 0 Å². The second kappa shape index (κ2) is 6.61. The van der Waals surface area contributed by atoms with E-state index in [1.807, 2.05) is 12.1 Å². The first-order valence-electron chi connectivity index (χ1n) is 4.63. The molecule has 0 aliphatic carbocycles. The van der Waals surface area contributed by atoms with Gasteiger partial charge in [0.25, 0.3) is 0 Å². The van der Waals surface area contributed by atoms with Crippen LogP contribution in [0.1, 0.15) is 6.92 Å². The lowest BCUT2D eigenvalue weighted by molar-refractivity contribution is -0.118. The van der Waals surface area contributed by atoms with Crippen LogP contribution in [0.25, 0.3) is 0 Å². The van der Waals surface area contributed by atoms with Crippen molar-refractivity contribution < 1.29 is 4.79 Å². The smallest absolute Gasteiger partial charge is 0.216 e. The van der Waals surface area contributed by atoms with E-state index >= 15 is 0 Å². The van der Waals surface area contributed by atoms with Gasteiger partial charge >= 0.3 is 0 Å². The molecule has 0 bridgehead atoms. The molecule has 2 N–H and O–H groups in total. The molecule has 88 valence electrons. The molecule has 0 saturated carbocycles. The Morgan fingerprint density at radius 2 is 1.75 bits per heavy atom. The summed E-state index contributed by atoms with van der Waals surface area (Å²) in [5.74, 6) is -0.0178. The highest BCUT2D eigenvalue weighted by Gasteiger charge is 2.05. The molecule has 16 heavy (non-hydrogen) atoms. The lowest BCUT2D eigenvalue weighted by Crippen LogP contribution is -2.26. The van der Waals surface area contributed by atoms with Gasteiger partial charge < -0.3 is 10.6 Å². The van der Waals surface area contributed by atoms with Crippen molar-refractivity contribution in [1.82, 2.24) is 5.32 Å². The van der Waals surface area contributed by atoms with E-state index in [-0.39, 0.29) is 5.91 Å². The molecule has 0 aliphatic heterocycles. The molecule has 3 nitrogen and oxygen atoms in total. The van der Waals surface area contributed by atoms with Crippen LogP contribution in [0.15, 0.2) is 25.6 Å². The summed E-state index contributed by atoms with van der Waals surface area (Å²) in [7, 11) is 0. The summed E-state index contributed by atoms with van der Waals surface area (Å²) in [6.45, 7) is 2.79. The molecule has 0 radical (unpaired) electrons. The molecule has 0 aromatic heterocycles. The topological polar surface area (TPSA) is 41.1 Å². The van der Waals surface area contributed by atoms with E-state index in [0.717, 1.165) is 19.1 Å². The Labute approximate surface area is 120 Å². The summed E-state index contributed by atoms with van der Waals surface area (Å²) in [4.78, 5) is 10.7. The molecule has 0 unspecified atom stereocenters. The molecular formula is C10H11Br3N2O. The number of nitrogens with one attached hydrogen (secondary N) is 2. The zero-order chi connectivity index (χ0) is 12.1. The lowest BCUT2D eigenvalue weighted by atomic mass is 10.3. The lowest BCUT2D eigenvalue weighted by Gasteiger charge is -2.11. The molecule has 0 heterocycles.